The van der Waals surface area contributed by atoms with Gasteiger partial charge >= 0.3 is 0 Å². The number of phenolic OH excluding ortho intramolecular Hbond substituents is 1. The Balaban J connectivity index is 1.69. The average Bonchev–Trinajstić information content (AvgIpc) is 3.16. The van der Waals surface area contributed by atoms with E-state index in [9.17, 15) is 5.11 Å². The lowest BCUT2D eigenvalue weighted by Crippen LogP contribution is -2.42. The molecule has 0 saturated carbocycles. The first-order valence-corrected chi connectivity index (χ1v) is 12.0. The highest BCUT2D eigenvalue weighted by molar-refractivity contribution is 7.80. The molecule has 5 rings (SSSR count). The predicted molar refractivity (Wildman–Crippen MR) is 144 cm³/mol. The summed E-state index contributed by atoms with van der Waals surface area (Å²) in [5.74, 6) is 0.121. The van der Waals surface area contributed by atoms with Crippen molar-refractivity contribution in [2.45, 2.75) is 38.4 Å². The fraction of sp³-hybridized carbons (Fsp3) is 0.259. The van der Waals surface area contributed by atoms with Crippen LogP contribution in [0, 0.1) is 0 Å². The quantitative estimate of drug-likeness (QED) is 0.423. The Morgan fingerprint density at radius 1 is 1.09 bits per heavy atom. The minimum Gasteiger partial charge on any atom is -0.506 e. The molecular formula is C27H27ClN4OS. The van der Waals surface area contributed by atoms with Crippen molar-refractivity contribution in [1.29, 1.82) is 0 Å². The Hall–Kier alpha value is -3.09. The van der Waals surface area contributed by atoms with Gasteiger partial charge in [-0.15, -0.1) is 0 Å². The molecule has 174 valence electrons. The maximum absolute atomic E-state index is 10.7. The van der Waals surface area contributed by atoms with Crippen molar-refractivity contribution in [2.24, 2.45) is 0 Å². The third-order valence-corrected chi connectivity index (χ3v) is 7.43. The van der Waals surface area contributed by atoms with Gasteiger partial charge in [-0.2, -0.15) is 0 Å². The fourth-order valence-corrected chi connectivity index (χ4v) is 5.51. The van der Waals surface area contributed by atoms with Crippen LogP contribution in [0.5, 0.6) is 5.75 Å². The molecule has 2 atom stereocenters. The van der Waals surface area contributed by atoms with Gasteiger partial charge in [0.25, 0.3) is 0 Å². The summed E-state index contributed by atoms with van der Waals surface area (Å²) in [5.41, 5.74) is 6.06. The fourth-order valence-electron chi connectivity index (χ4n) is 5.00. The molecule has 2 aliphatic rings. The van der Waals surface area contributed by atoms with Gasteiger partial charge in [-0.3, -0.25) is 4.98 Å². The van der Waals surface area contributed by atoms with Crippen LogP contribution in [0.1, 0.15) is 49.7 Å². The number of benzene rings is 2. The lowest BCUT2D eigenvalue weighted by atomic mass is 9.86. The van der Waals surface area contributed by atoms with E-state index in [-0.39, 0.29) is 23.4 Å². The summed E-state index contributed by atoms with van der Waals surface area (Å²) in [6.07, 6.45) is 4.08. The van der Waals surface area contributed by atoms with Crippen molar-refractivity contribution >= 4 is 45.9 Å². The number of allylic oxidation sites excluding steroid dienone is 1. The number of rotatable bonds is 3. The summed E-state index contributed by atoms with van der Waals surface area (Å²) in [7, 11) is 2.13. The second-order valence-corrected chi connectivity index (χ2v) is 10.3. The van der Waals surface area contributed by atoms with Gasteiger partial charge in [-0.25, -0.2) is 0 Å². The van der Waals surface area contributed by atoms with Crippen LogP contribution in [0.2, 0.25) is 5.02 Å². The van der Waals surface area contributed by atoms with E-state index in [1.807, 2.05) is 23.1 Å². The normalized spacial score (nSPS) is 21.2. The topological polar surface area (TPSA) is 51.6 Å². The largest absolute Gasteiger partial charge is 0.506 e. The number of hydrogen-bond acceptors (Lipinski definition) is 4. The highest BCUT2D eigenvalue weighted by atomic mass is 35.5. The van der Waals surface area contributed by atoms with Crippen LogP contribution < -0.4 is 15.1 Å². The molecule has 0 spiro atoms. The molecule has 7 heteroatoms. The van der Waals surface area contributed by atoms with E-state index < -0.39 is 0 Å². The summed E-state index contributed by atoms with van der Waals surface area (Å²) in [6.45, 7) is 6.59. The molecule has 0 radical (unpaired) electrons. The van der Waals surface area contributed by atoms with E-state index in [0.717, 1.165) is 11.3 Å². The summed E-state index contributed by atoms with van der Waals surface area (Å²) in [5, 5.41) is 15.2. The molecule has 0 unspecified atom stereocenters. The van der Waals surface area contributed by atoms with Gasteiger partial charge in [0.1, 0.15) is 5.75 Å². The molecule has 5 nitrogen and oxygen atoms in total. The number of hydrogen-bond donors (Lipinski definition) is 2. The van der Waals surface area contributed by atoms with Gasteiger partial charge in [0.15, 0.2) is 5.11 Å². The lowest BCUT2D eigenvalue weighted by Gasteiger charge is -2.41. The van der Waals surface area contributed by atoms with Crippen LogP contribution in [0.4, 0.5) is 11.4 Å². The van der Waals surface area contributed by atoms with Gasteiger partial charge in [0.2, 0.25) is 0 Å². The summed E-state index contributed by atoms with van der Waals surface area (Å²) in [4.78, 5) is 8.87. The van der Waals surface area contributed by atoms with Crippen LogP contribution in [0.15, 0.2) is 66.9 Å². The Morgan fingerprint density at radius 3 is 2.62 bits per heavy atom. The molecule has 0 amide bonds. The van der Waals surface area contributed by atoms with E-state index in [1.54, 1.807) is 24.4 Å². The van der Waals surface area contributed by atoms with Gasteiger partial charge < -0.3 is 20.2 Å². The monoisotopic (exact) mass is 490 g/mol. The summed E-state index contributed by atoms with van der Waals surface area (Å²) >= 11 is 12.1. The second-order valence-electron chi connectivity index (χ2n) is 9.45. The minimum atomic E-state index is -0.231. The summed E-state index contributed by atoms with van der Waals surface area (Å²) < 4.78 is 0. The highest BCUT2D eigenvalue weighted by Gasteiger charge is 2.42. The zero-order chi connectivity index (χ0) is 24.2. The van der Waals surface area contributed by atoms with Crippen molar-refractivity contribution in [2.75, 3.05) is 16.8 Å². The Morgan fingerprint density at radius 2 is 1.88 bits per heavy atom. The zero-order valence-corrected chi connectivity index (χ0v) is 21.2. The first-order valence-electron chi connectivity index (χ1n) is 11.2. The molecule has 2 N–H and O–H groups in total. The molecule has 1 fully saturated rings. The van der Waals surface area contributed by atoms with Gasteiger partial charge in [-0.1, -0.05) is 29.8 Å². The molecule has 2 aromatic carbocycles. The van der Waals surface area contributed by atoms with Gasteiger partial charge in [0.05, 0.1) is 29.0 Å². The smallest absolute Gasteiger partial charge is 0.174 e. The third-order valence-electron chi connectivity index (χ3n) is 6.88. The predicted octanol–water partition coefficient (Wildman–Crippen LogP) is 6.25. The molecule has 3 heterocycles. The number of aromatic nitrogens is 1. The maximum Gasteiger partial charge on any atom is 0.174 e. The Bertz CT molecular complexity index is 1310. The van der Waals surface area contributed by atoms with E-state index >= 15 is 0 Å². The molecule has 1 aromatic heterocycles. The first-order chi connectivity index (χ1) is 16.2. The minimum absolute atomic E-state index is 0.0653. The van der Waals surface area contributed by atoms with Crippen molar-refractivity contribution in [3.05, 3.63) is 88.7 Å². The van der Waals surface area contributed by atoms with E-state index in [4.69, 9.17) is 23.8 Å². The number of pyridine rings is 1. The number of likely N-dealkylation sites (N-methyl/N-ethyl adjacent to an activating group) is 1. The molecule has 0 bridgehead atoms. The van der Waals surface area contributed by atoms with Crippen LogP contribution >= 0.6 is 23.8 Å². The second kappa shape index (κ2) is 8.29. The number of aromatic hydroxyl groups is 1. The number of fused-ring (bicyclic) bond motifs is 1. The Kier molecular flexibility index (Phi) is 5.53. The molecule has 2 aliphatic heterocycles. The Labute approximate surface area is 210 Å². The lowest BCUT2D eigenvalue weighted by molar-refractivity contribution is 0.473. The number of anilines is 2. The zero-order valence-electron chi connectivity index (χ0n) is 19.6. The van der Waals surface area contributed by atoms with Crippen molar-refractivity contribution < 1.29 is 5.11 Å². The average molecular weight is 491 g/mol. The highest BCUT2D eigenvalue weighted by Crippen LogP contribution is 2.47. The number of halogens is 1. The van der Waals surface area contributed by atoms with E-state index in [0.29, 0.717) is 15.8 Å². The SMILES string of the molecule is CC1=CC(C)(C)N(C)c2ccc([C@H]3[C@@H](c4ccccn4)NC(=S)N3c3cc(Cl)ccc3O)cc21. The number of phenols is 1. The maximum atomic E-state index is 10.7. The van der Waals surface area contributed by atoms with Crippen LogP contribution in [0.25, 0.3) is 5.57 Å². The van der Waals surface area contributed by atoms with Crippen molar-refractivity contribution in [1.82, 2.24) is 10.3 Å². The molecule has 34 heavy (non-hydrogen) atoms. The third kappa shape index (κ3) is 3.71. The van der Waals surface area contributed by atoms with E-state index in [2.05, 4.69) is 67.3 Å². The van der Waals surface area contributed by atoms with Crippen LogP contribution in [-0.2, 0) is 0 Å². The van der Waals surface area contributed by atoms with Gasteiger partial charge in [-0.05, 0) is 86.6 Å². The van der Waals surface area contributed by atoms with E-state index in [1.165, 1.54) is 16.8 Å². The number of nitrogens with zero attached hydrogens (tertiary/aromatic N) is 3. The van der Waals surface area contributed by atoms with Crippen molar-refractivity contribution in [3.63, 3.8) is 0 Å². The molecule has 0 aliphatic carbocycles. The summed E-state index contributed by atoms with van der Waals surface area (Å²) in [6, 6.07) is 17.0. The standard InChI is InChI=1S/C27H27ClN4OS/c1-16-15-27(2,3)31(4)21-10-8-17(13-19(16)21)25-24(20-7-5-6-12-29-20)30-26(34)32(25)22-14-18(28)9-11-23(22)33/h5-15,24-25,33H,1-4H3,(H,30,34)/t24-,25+/m1/s1. The number of nitrogens with one attached hydrogen (secondary N) is 1. The van der Waals surface area contributed by atoms with Crippen LogP contribution in [0.3, 0.4) is 0 Å². The molecular weight excluding hydrogens is 464 g/mol. The molecule has 3 aromatic rings. The van der Waals surface area contributed by atoms with Gasteiger partial charge in [0, 0.05) is 29.5 Å². The van der Waals surface area contributed by atoms with Crippen molar-refractivity contribution in [3.8, 4) is 5.75 Å². The number of thiocarbonyl (C=S) groups is 1. The molecule has 1 saturated heterocycles. The first kappa shape index (κ1) is 22.7. The van der Waals surface area contributed by atoms with Crippen LogP contribution in [-0.4, -0.2) is 27.8 Å².